The predicted octanol–water partition coefficient (Wildman–Crippen LogP) is 3.87. The van der Waals surface area contributed by atoms with Gasteiger partial charge < -0.3 is 4.74 Å². The average molecular weight is 473 g/mol. The van der Waals surface area contributed by atoms with E-state index >= 15 is 0 Å². The number of ether oxygens (including phenoxy) is 1. The molecule has 0 amide bonds. The molecule has 0 N–H and O–H groups in total. The topological polar surface area (TPSA) is 85.3 Å². The quantitative estimate of drug-likeness (QED) is 0.404. The van der Waals surface area contributed by atoms with Crippen LogP contribution in [0.4, 0.5) is 0 Å². The Labute approximate surface area is 199 Å². The number of likely N-dealkylation sites (tertiary alicyclic amines) is 1. The second kappa shape index (κ2) is 9.32. The zero-order chi connectivity index (χ0) is 23.5. The van der Waals surface area contributed by atoms with Gasteiger partial charge in [0.2, 0.25) is 0 Å². The van der Waals surface area contributed by atoms with Crippen molar-refractivity contribution in [1.82, 2.24) is 19.9 Å². The van der Waals surface area contributed by atoms with Gasteiger partial charge in [-0.2, -0.15) is 0 Å². The maximum atomic E-state index is 11.6. The van der Waals surface area contributed by atoms with Crippen molar-refractivity contribution in [2.45, 2.75) is 17.7 Å². The summed E-state index contributed by atoms with van der Waals surface area (Å²) < 4.78 is 29.2. The van der Waals surface area contributed by atoms with Crippen molar-refractivity contribution in [2.75, 3.05) is 19.3 Å². The van der Waals surface area contributed by atoms with Crippen molar-refractivity contribution < 1.29 is 13.2 Å². The largest absolute Gasteiger partial charge is 0.488 e. The molecule has 2 aromatic heterocycles. The molecule has 1 fully saturated rings. The number of nitrogens with zero attached hydrogens (tertiary/aromatic N) is 4. The van der Waals surface area contributed by atoms with Crippen LogP contribution in [0.3, 0.4) is 0 Å². The fourth-order valence-electron chi connectivity index (χ4n) is 3.92. The van der Waals surface area contributed by atoms with E-state index in [1.807, 2.05) is 36.7 Å². The molecule has 1 aliphatic rings. The van der Waals surface area contributed by atoms with Gasteiger partial charge in [-0.3, -0.25) is 4.90 Å². The lowest BCUT2D eigenvalue weighted by molar-refractivity contribution is 0.0146. The summed E-state index contributed by atoms with van der Waals surface area (Å²) in [6.07, 6.45) is 8.07. The molecule has 0 atom stereocenters. The van der Waals surface area contributed by atoms with Crippen molar-refractivity contribution in [3.8, 4) is 28.0 Å². The Bertz CT molecular complexity index is 1350. The first-order valence-electron chi connectivity index (χ1n) is 10.9. The third-order valence-electron chi connectivity index (χ3n) is 5.78. The molecule has 0 unspecified atom stereocenters. The Morgan fingerprint density at radius 1 is 0.824 bits per heavy atom. The fraction of sp³-hybridized carbons (Fsp3) is 0.192. The molecule has 5 rings (SSSR count). The van der Waals surface area contributed by atoms with E-state index in [4.69, 9.17) is 4.74 Å². The van der Waals surface area contributed by atoms with Gasteiger partial charge in [0.05, 0.1) is 0 Å². The van der Waals surface area contributed by atoms with Crippen LogP contribution in [0.15, 0.2) is 90.6 Å². The summed E-state index contributed by atoms with van der Waals surface area (Å²) in [4.78, 5) is 14.6. The number of hydrogen-bond acceptors (Lipinski definition) is 7. The van der Waals surface area contributed by atoms with Crippen molar-refractivity contribution in [3.63, 3.8) is 0 Å². The van der Waals surface area contributed by atoms with Gasteiger partial charge in [-0.15, -0.1) is 0 Å². The smallest absolute Gasteiger partial charge is 0.192 e. The Hall–Kier alpha value is -3.62. The fourth-order valence-corrected chi connectivity index (χ4v) is 4.48. The molecular weight excluding hydrogens is 448 g/mol. The van der Waals surface area contributed by atoms with Crippen LogP contribution in [0.25, 0.3) is 22.3 Å². The minimum Gasteiger partial charge on any atom is -0.488 e. The maximum absolute atomic E-state index is 11.6. The number of pyridine rings is 1. The maximum Gasteiger partial charge on any atom is 0.192 e. The zero-order valence-electron chi connectivity index (χ0n) is 18.7. The predicted molar refractivity (Wildman–Crippen MR) is 130 cm³/mol. The van der Waals surface area contributed by atoms with Crippen LogP contribution in [0.1, 0.15) is 5.56 Å². The van der Waals surface area contributed by atoms with E-state index in [1.165, 1.54) is 18.0 Å². The van der Waals surface area contributed by atoms with Crippen molar-refractivity contribution in [3.05, 3.63) is 91.1 Å². The normalized spacial score (nSPS) is 14.5. The summed E-state index contributed by atoms with van der Waals surface area (Å²) in [6, 6.07) is 19.6. The summed E-state index contributed by atoms with van der Waals surface area (Å²) in [5, 5.41) is 0.0764. The van der Waals surface area contributed by atoms with Crippen LogP contribution in [-0.2, 0) is 16.4 Å². The summed E-state index contributed by atoms with van der Waals surface area (Å²) in [5.74, 6) is 0.823. The van der Waals surface area contributed by atoms with Gasteiger partial charge in [0.25, 0.3) is 0 Å². The van der Waals surface area contributed by atoms with E-state index in [0.29, 0.717) is 0 Å². The first-order valence-corrected chi connectivity index (χ1v) is 12.8. The van der Waals surface area contributed by atoms with E-state index in [9.17, 15) is 8.42 Å². The van der Waals surface area contributed by atoms with E-state index in [2.05, 4.69) is 44.1 Å². The number of sulfone groups is 1. The van der Waals surface area contributed by atoms with Gasteiger partial charge in [0.15, 0.2) is 14.9 Å². The molecule has 3 heterocycles. The van der Waals surface area contributed by atoms with Gasteiger partial charge in [-0.25, -0.2) is 23.4 Å². The molecule has 34 heavy (non-hydrogen) atoms. The Kier molecular flexibility index (Phi) is 6.08. The average Bonchev–Trinajstić information content (AvgIpc) is 2.84. The lowest BCUT2D eigenvalue weighted by Crippen LogP contribution is -2.53. The minimum atomic E-state index is -3.30. The molecule has 0 bridgehead atoms. The molecular formula is C26H24N4O3S. The van der Waals surface area contributed by atoms with Crippen molar-refractivity contribution in [2.24, 2.45) is 0 Å². The summed E-state index contributed by atoms with van der Waals surface area (Å²) in [7, 11) is -3.30. The first kappa shape index (κ1) is 22.2. The van der Waals surface area contributed by atoms with Gasteiger partial charge in [0, 0.05) is 55.6 Å². The summed E-state index contributed by atoms with van der Waals surface area (Å²) in [6.45, 7) is 2.65. The van der Waals surface area contributed by atoms with E-state index in [1.54, 1.807) is 12.3 Å². The molecule has 1 aliphatic heterocycles. The van der Waals surface area contributed by atoms with Crippen LogP contribution < -0.4 is 4.74 Å². The highest BCUT2D eigenvalue weighted by atomic mass is 32.2. The third kappa shape index (κ3) is 5.13. The second-order valence-electron chi connectivity index (χ2n) is 8.44. The zero-order valence-corrected chi connectivity index (χ0v) is 19.5. The van der Waals surface area contributed by atoms with Crippen LogP contribution in [-0.4, -0.2) is 53.7 Å². The summed E-state index contributed by atoms with van der Waals surface area (Å²) >= 11 is 0. The van der Waals surface area contributed by atoms with Gasteiger partial charge in [-0.05, 0) is 41.0 Å². The van der Waals surface area contributed by atoms with Gasteiger partial charge in [-0.1, -0.05) is 36.4 Å². The highest BCUT2D eigenvalue weighted by Crippen LogP contribution is 2.25. The molecule has 0 radical (unpaired) electrons. The summed E-state index contributed by atoms with van der Waals surface area (Å²) in [5.41, 5.74) is 5.21. The lowest BCUT2D eigenvalue weighted by atomic mass is 10.0. The number of benzene rings is 2. The minimum absolute atomic E-state index is 0.0764. The van der Waals surface area contributed by atoms with E-state index in [0.717, 1.165) is 53.9 Å². The molecule has 0 aliphatic carbocycles. The SMILES string of the molecule is CS(=O)(=O)c1ccc(-c2ccc(OC3CN(Cc4ccc(-c5cncnc5)cc4)C3)cc2)cn1. The standard InChI is InChI=1S/C26H24N4O3S/c1-34(31,32)26-11-8-22(14-29-26)20-6-9-24(10-7-20)33-25-16-30(17-25)15-19-2-4-21(5-3-19)23-12-27-18-28-13-23/h2-14,18,25H,15-17H2,1H3. The van der Waals surface area contributed by atoms with Crippen LogP contribution in [0, 0.1) is 0 Å². The molecule has 172 valence electrons. The van der Waals surface area contributed by atoms with E-state index < -0.39 is 9.84 Å². The first-order chi connectivity index (χ1) is 16.4. The molecule has 7 nitrogen and oxygen atoms in total. The molecule has 1 saturated heterocycles. The highest BCUT2D eigenvalue weighted by molar-refractivity contribution is 7.90. The van der Waals surface area contributed by atoms with Gasteiger partial charge >= 0.3 is 0 Å². The number of rotatable bonds is 7. The Balaban J connectivity index is 1.12. The van der Waals surface area contributed by atoms with Gasteiger partial charge in [0.1, 0.15) is 18.2 Å². The van der Waals surface area contributed by atoms with Crippen LogP contribution >= 0.6 is 0 Å². The lowest BCUT2D eigenvalue weighted by Gasteiger charge is -2.39. The second-order valence-corrected chi connectivity index (χ2v) is 10.4. The molecule has 0 spiro atoms. The molecule has 4 aromatic rings. The van der Waals surface area contributed by atoms with Crippen LogP contribution in [0.5, 0.6) is 5.75 Å². The Morgan fingerprint density at radius 3 is 2.06 bits per heavy atom. The third-order valence-corrected chi connectivity index (χ3v) is 6.79. The number of aromatic nitrogens is 3. The molecule has 0 saturated carbocycles. The monoisotopic (exact) mass is 472 g/mol. The number of hydrogen-bond donors (Lipinski definition) is 0. The highest BCUT2D eigenvalue weighted by Gasteiger charge is 2.28. The molecule has 8 heteroatoms. The Morgan fingerprint density at radius 2 is 1.44 bits per heavy atom. The van der Waals surface area contributed by atoms with E-state index in [-0.39, 0.29) is 11.1 Å². The molecule has 2 aromatic carbocycles. The van der Waals surface area contributed by atoms with Crippen molar-refractivity contribution in [1.29, 1.82) is 0 Å². The van der Waals surface area contributed by atoms with Crippen molar-refractivity contribution >= 4 is 9.84 Å². The van der Waals surface area contributed by atoms with Crippen LogP contribution in [0.2, 0.25) is 0 Å².